The molecule has 0 unspecified atom stereocenters. The molecule has 0 saturated heterocycles. The van der Waals surface area contributed by atoms with E-state index in [0.29, 0.717) is 5.69 Å². The number of phenolic OH excluding ortho intramolecular Hbond substituents is 1. The maximum absolute atomic E-state index is 10.9. The minimum Gasteiger partial charge on any atom is -0.506 e. The Hall–Kier alpha value is -2.63. The second-order valence-corrected chi connectivity index (χ2v) is 3.24. The molecule has 1 aromatic heterocycles. The van der Waals surface area contributed by atoms with Crippen molar-refractivity contribution in [3.63, 3.8) is 0 Å². The minimum atomic E-state index is -1.11. The molecule has 0 aliphatic heterocycles. The number of aromatic carboxylic acids is 1. The molecule has 2 rings (SSSR count). The van der Waals surface area contributed by atoms with Gasteiger partial charge in [0.25, 0.3) is 0 Å². The Balaban J connectivity index is 2.37. The Morgan fingerprint density at radius 2 is 2.00 bits per heavy atom. The predicted octanol–water partition coefficient (Wildman–Crippen LogP) is 1.62. The van der Waals surface area contributed by atoms with Crippen molar-refractivity contribution in [3.05, 3.63) is 42.1 Å². The lowest BCUT2D eigenvalue weighted by Crippen LogP contribution is -2.05. The van der Waals surface area contributed by atoms with Gasteiger partial charge in [0.05, 0.1) is 11.9 Å². The fraction of sp³-hybridized carbons (Fsp3) is 0. The number of carbonyl (C=O) groups is 1. The van der Waals surface area contributed by atoms with Gasteiger partial charge >= 0.3 is 5.97 Å². The summed E-state index contributed by atoms with van der Waals surface area (Å²) < 4.78 is 0. The van der Waals surface area contributed by atoms with Crippen LogP contribution in [0.5, 0.6) is 5.75 Å². The van der Waals surface area contributed by atoms with Gasteiger partial charge in [-0.25, -0.2) is 4.79 Å². The number of hydrogen-bond donors (Lipinski definition) is 3. The molecule has 0 saturated carbocycles. The monoisotopic (exact) mass is 231 g/mol. The number of nitrogens with one attached hydrogen (secondary N) is 1. The van der Waals surface area contributed by atoms with E-state index in [2.05, 4.69) is 15.5 Å². The lowest BCUT2D eigenvalue weighted by atomic mass is 10.2. The van der Waals surface area contributed by atoms with Crippen LogP contribution >= 0.6 is 0 Å². The summed E-state index contributed by atoms with van der Waals surface area (Å²) >= 11 is 0. The number of nitrogens with zero attached hydrogens (tertiary/aromatic N) is 2. The van der Waals surface area contributed by atoms with E-state index in [1.165, 1.54) is 18.3 Å². The Morgan fingerprint density at radius 1 is 1.24 bits per heavy atom. The van der Waals surface area contributed by atoms with Crippen LogP contribution < -0.4 is 5.32 Å². The number of aromatic nitrogens is 2. The number of phenols is 1. The van der Waals surface area contributed by atoms with E-state index < -0.39 is 5.97 Å². The van der Waals surface area contributed by atoms with Crippen LogP contribution in [0, 0.1) is 0 Å². The second kappa shape index (κ2) is 4.48. The van der Waals surface area contributed by atoms with Crippen LogP contribution in [0.3, 0.4) is 0 Å². The lowest BCUT2D eigenvalue weighted by Gasteiger charge is -2.08. The molecule has 0 spiro atoms. The van der Waals surface area contributed by atoms with Gasteiger partial charge in [-0.2, -0.15) is 5.10 Å². The SMILES string of the molecule is O=C(O)c1ccnnc1Nc1ccccc1O. The molecule has 1 heterocycles. The summed E-state index contributed by atoms with van der Waals surface area (Å²) in [5, 5.41) is 28.5. The van der Waals surface area contributed by atoms with Crippen LogP contribution in [0.2, 0.25) is 0 Å². The van der Waals surface area contributed by atoms with Crippen molar-refractivity contribution in [2.45, 2.75) is 0 Å². The van der Waals surface area contributed by atoms with E-state index in [-0.39, 0.29) is 17.1 Å². The molecule has 6 heteroatoms. The molecule has 0 atom stereocenters. The van der Waals surface area contributed by atoms with Gasteiger partial charge in [0.15, 0.2) is 5.82 Å². The first-order chi connectivity index (χ1) is 8.18. The first-order valence-electron chi connectivity index (χ1n) is 4.78. The number of benzene rings is 1. The lowest BCUT2D eigenvalue weighted by molar-refractivity contribution is 0.0697. The van der Waals surface area contributed by atoms with Crippen molar-refractivity contribution in [2.75, 3.05) is 5.32 Å². The van der Waals surface area contributed by atoms with Gasteiger partial charge in [0, 0.05) is 0 Å². The molecule has 0 amide bonds. The van der Waals surface area contributed by atoms with Gasteiger partial charge < -0.3 is 15.5 Å². The Labute approximate surface area is 96.6 Å². The Morgan fingerprint density at radius 3 is 2.71 bits per heavy atom. The normalized spacial score (nSPS) is 9.88. The van der Waals surface area contributed by atoms with Gasteiger partial charge in [-0.3, -0.25) is 0 Å². The predicted molar refractivity (Wildman–Crippen MR) is 60.4 cm³/mol. The third-order valence-electron chi connectivity index (χ3n) is 2.11. The molecule has 0 aliphatic carbocycles. The molecule has 0 aliphatic rings. The summed E-state index contributed by atoms with van der Waals surface area (Å²) in [5.74, 6) is -1.02. The first kappa shape index (κ1) is 10.9. The molecule has 0 fully saturated rings. The zero-order valence-electron chi connectivity index (χ0n) is 8.66. The van der Waals surface area contributed by atoms with E-state index >= 15 is 0 Å². The van der Waals surface area contributed by atoms with E-state index in [4.69, 9.17) is 5.11 Å². The van der Waals surface area contributed by atoms with Crippen molar-refractivity contribution < 1.29 is 15.0 Å². The molecule has 3 N–H and O–H groups in total. The molecule has 1 aromatic carbocycles. The van der Waals surface area contributed by atoms with E-state index in [1.54, 1.807) is 18.2 Å². The molecule has 17 heavy (non-hydrogen) atoms. The molecule has 2 aromatic rings. The van der Waals surface area contributed by atoms with Crippen LogP contribution in [0.15, 0.2) is 36.5 Å². The third kappa shape index (κ3) is 2.31. The summed E-state index contributed by atoms with van der Waals surface area (Å²) in [6, 6.07) is 7.79. The third-order valence-corrected chi connectivity index (χ3v) is 2.11. The number of para-hydroxylation sites is 2. The zero-order valence-corrected chi connectivity index (χ0v) is 8.66. The molecule has 6 nitrogen and oxygen atoms in total. The maximum atomic E-state index is 10.9. The molecule has 0 radical (unpaired) electrons. The maximum Gasteiger partial charge on any atom is 0.339 e. The van der Waals surface area contributed by atoms with Gasteiger partial charge in [-0.1, -0.05) is 12.1 Å². The van der Waals surface area contributed by atoms with E-state index in [1.807, 2.05) is 0 Å². The fourth-order valence-electron chi connectivity index (χ4n) is 1.30. The number of carboxylic acid groups (broad SMARTS) is 1. The topological polar surface area (TPSA) is 95.3 Å². The molecule has 86 valence electrons. The average Bonchev–Trinajstić information content (AvgIpc) is 2.32. The smallest absolute Gasteiger partial charge is 0.339 e. The summed E-state index contributed by atoms with van der Waals surface area (Å²) in [6.45, 7) is 0. The largest absolute Gasteiger partial charge is 0.506 e. The van der Waals surface area contributed by atoms with Gasteiger partial charge in [-0.05, 0) is 18.2 Å². The second-order valence-electron chi connectivity index (χ2n) is 3.24. The van der Waals surface area contributed by atoms with Crippen molar-refractivity contribution >= 4 is 17.5 Å². The molecule has 0 bridgehead atoms. The highest BCUT2D eigenvalue weighted by Gasteiger charge is 2.12. The number of carboxylic acids is 1. The Bertz CT molecular complexity index is 557. The summed E-state index contributed by atoms with van der Waals surface area (Å²) in [5.41, 5.74) is 0.360. The number of anilines is 2. The first-order valence-corrected chi connectivity index (χ1v) is 4.78. The summed E-state index contributed by atoms with van der Waals surface area (Å²) in [6.07, 6.45) is 1.29. The van der Waals surface area contributed by atoms with Crippen molar-refractivity contribution in [3.8, 4) is 5.75 Å². The quantitative estimate of drug-likeness (QED) is 0.695. The van der Waals surface area contributed by atoms with Gasteiger partial charge in [-0.15, -0.1) is 5.10 Å². The van der Waals surface area contributed by atoms with Crippen LogP contribution in [0.1, 0.15) is 10.4 Å². The number of rotatable bonds is 3. The highest BCUT2D eigenvalue weighted by molar-refractivity contribution is 5.93. The highest BCUT2D eigenvalue weighted by atomic mass is 16.4. The Kier molecular flexibility index (Phi) is 2.87. The average molecular weight is 231 g/mol. The van der Waals surface area contributed by atoms with Crippen LogP contribution in [0.25, 0.3) is 0 Å². The highest BCUT2D eigenvalue weighted by Crippen LogP contribution is 2.25. The van der Waals surface area contributed by atoms with Crippen LogP contribution in [0.4, 0.5) is 11.5 Å². The van der Waals surface area contributed by atoms with Gasteiger partial charge in [0.1, 0.15) is 11.3 Å². The summed E-state index contributed by atoms with van der Waals surface area (Å²) in [7, 11) is 0. The minimum absolute atomic E-state index is 0.00879. The van der Waals surface area contributed by atoms with E-state index in [9.17, 15) is 9.90 Å². The summed E-state index contributed by atoms with van der Waals surface area (Å²) in [4.78, 5) is 10.9. The zero-order chi connectivity index (χ0) is 12.3. The van der Waals surface area contributed by atoms with Crippen LogP contribution in [-0.4, -0.2) is 26.4 Å². The van der Waals surface area contributed by atoms with Crippen LogP contribution in [-0.2, 0) is 0 Å². The molecular formula is C11H9N3O3. The van der Waals surface area contributed by atoms with Crippen molar-refractivity contribution in [2.24, 2.45) is 0 Å². The standard InChI is InChI=1S/C11H9N3O3/c15-9-4-2-1-3-8(9)13-10-7(11(16)17)5-6-12-14-10/h1-6,15H,(H,13,14)(H,16,17). The van der Waals surface area contributed by atoms with Crippen molar-refractivity contribution in [1.82, 2.24) is 10.2 Å². The van der Waals surface area contributed by atoms with Gasteiger partial charge in [0.2, 0.25) is 0 Å². The fourth-order valence-corrected chi connectivity index (χ4v) is 1.30. The molecular weight excluding hydrogens is 222 g/mol. The van der Waals surface area contributed by atoms with E-state index in [0.717, 1.165) is 0 Å². The number of aromatic hydroxyl groups is 1. The number of hydrogen-bond acceptors (Lipinski definition) is 5. The van der Waals surface area contributed by atoms with Crippen molar-refractivity contribution in [1.29, 1.82) is 0 Å².